The van der Waals surface area contributed by atoms with Gasteiger partial charge in [0.1, 0.15) is 11.5 Å². The van der Waals surface area contributed by atoms with Gasteiger partial charge in [0.25, 0.3) is 0 Å². The lowest BCUT2D eigenvalue weighted by atomic mass is 10.3. The molecular weight excluding hydrogens is 194 g/mol. The van der Waals surface area contributed by atoms with Gasteiger partial charge < -0.3 is 15.0 Å². The zero-order chi connectivity index (χ0) is 9.42. The SMILES string of the molecule is N[C@H]1COc2c(S(=O)O)cnn2C1. The first kappa shape index (κ1) is 8.67. The van der Waals surface area contributed by atoms with Gasteiger partial charge in [-0.1, -0.05) is 0 Å². The monoisotopic (exact) mass is 203 g/mol. The van der Waals surface area contributed by atoms with Crippen molar-refractivity contribution in [1.82, 2.24) is 9.78 Å². The van der Waals surface area contributed by atoms with Gasteiger partial charge in [0.15, 0.2) is 11.1 Å². The number of nitrogens with two attached hydrogens (primary N) is 1. The molecule has 0 saturated heterocycles. The molecule has 0 saturated carbocycles. The van der Waals surface area contributed by atoms with Gasteiger partial charge in [0, 0.05) is 0 Å². The van der Waals surface area contributed by atoms with Gasteiger partial charge >= 0.3 is 0 Å². The van der Waals surface area contributed by atoms with Gasteiger partial charge in [-0.3, -0.25) is 0 Å². The second kappa shape index (κ2) is 3.09. The molecule has 0 fully saturated rings. The Morgan fingerprint density at radius 1 is 1.85 bits per heavy atom. The lowest BCUT2D eigenvalue weighted by molar-refractivity contribution is 0.200. The maximum Gasteiger partial charge on any atom is 0.231 e. The van der Waals surface area contributed by atoms with Crippen molar-refractivity contribution in [3.8, 4) is 5.88 Å². The summed E-state index contributed by atoms with van der Waals surface area (Å²) in [5.74, 6) is 0.350. The second-order valence-corrected chi connectivity index (χ2v) is 3.75. The van der Waals surface area contributed by atoms with Crippen LogP contribution in [0.1, 0.15) is 0 Å². The van der Waals surface area contributed by atoms with Crippen molar-refractivity contribution >= 4 is 11.1 Å². The first-order valence-corrected chi connectivity index (χ1v) is 4.84. The van der Waals surface area contributed by atoms with Gasteiger partial charge in [-0.25, -0.2) is 8.89 Å². The Hall–Kier alpha value is -0.920. The summed E-state index contributed by atoms with van der Waals surface area (Å²) in [7, 11) is 0. The zero-order valence-corrected chi connectivity index (χ0v) is 7.53. The van der Waals surface area contributed by atoms with E-state index in [-0.39, 0.29) is 10.9 Å². The molecule has 2 atom stereocenters. The van der Waals surface area contributed by atoms with Gasteiger partial charge in [-0.15, -0.1) is 0 Å². The highest BCUT2D eigenvalue weighted by atomic mass is 32.2. The van der Waals surface area contributed by atoms with Crippen LogP contribution in [-0.4, -0.2) is 31.2 Å². The van der Waals surface area contributed by atoms with E-state index < -0.39 is 11.1 Å². The topological polar surface area (TPSA) is 90.4 Å². The van der Waals surface area contributed by atoms with Gasteiger partial charge in [0.2, 0.25) is 5.88 Å². The minimum Gasteiger partial charge on any atom is -0.475 e. The Kier molecular flexibility index (Phi) is 2.06. The molecule has 6 nitrogen and oxygen atoms in total. The summed E-state index contributed by atoms with van der Waals surface area (Å²) in [6.07, 6.45) is 1.32. The van der Waals surface area contributed by atoms with E-state index in [1.807, 2.05) is 0 Å². The quantitative estimate of drug-likeness (QED) is 0.582. The lowest BCUT2D eigenvalue weighted by Crippen LogP contribution is -2.37. The number of fused-ring (bicyclic) bond motifs is 1. The first-order chi connectivity index (χ1) is 6.18. The van der Waals surface area contributed by atoms with Crippen LogP contribution in [0.5, 0.6) is 5.88 Å². The van der Waals surface area contributed by atoms with E-state index in [1.165, 1.54) is 10.9 Å². The third-order valence-electron chi connectivity index (χ3n) is 1.79. The maximum absolute atomic E-state index is 10.8. The van der Waals surface area contributed by atoms with Crippen molar-refractivity contribution in [2.75, 3.05) is 6.61 Å². The number of hydrogen-bond acceptors (Lipinski definition) is 4. The molecule has 0 aromatic carbocycles. The number of ether oxygens (including phenoxy) is 1. The van der Waals surface area contributed by atoms with Crippen LogP contribution in [0.3, 0.4) is 0 Å². The van der Waals surface area contributed by atoms with Crippen molar-refractivity contribution in [2.45, 2.75) is 17.5 Å². The Balaban J connectivity index is 2.39. The summed E-state index contributed by atoms with van der Waals surface area (Å²) in [6.45, 7) is 0.877. The molecule has 2 heterocycles. The molecule has 1 aromatic rings. The van der Waals surface area contributed by atoms with Crippen molar-refractivity contribution in [2.24, 2.45) is 5.73 Å². The number of hydrogen-bond donors (Lipinski definition) is 2. The van der Waals surface area contributed by atoms with Crippen LogP contribution in [0.25, 0.3) is 0 Å². The molecule has 1 aliphatic heterocycles. The average Bonchev–Trinajstić information content (AvgIpc) is 2.46. The number of aromatic nitrogens is 2. The molecule has 1 aromatic heterocycles. The van der Waals surface area contributed by atoms with Crippen LogP contribution in [-0.2, 0) is 17.6 Å². The standard InChI is InChI=1S/C6H9N3O3S/c7-4-2-9-6(12-3-4)5(1-8-9)13(10)11/h1,4H,2-3,7H2,(H,10,11)/t4-/m1/s1. The van der Waals surface area contributed by atoms with Gasteiger partial charge in [0.05, 0.1) is 18.8 Å². The Bertz CT molecular complexity index is 351. The normalized spacial score (nSPS) is 23.4. The maximum atomic E-state index is 10.8. The molecule has 1 aliphatic rings. The minimum atomic E-state index is -2.05. The van der Waals surface area contributed by atoms with E-state index in [0.29, 0.717) is 19.0 Å². The summed E-state index contributed by atoms with van der Waals surface area (Å²) >= 11 is -2.05. The Morgan fingerprint density at radius 2 is 2.62 bits per heavy atom. The van der Waals surface area contributed by atoms with Crippen molar-refractivity contribution in [1.29, 1.82) is 0 Å². The summed E-state index contributed by atoms with van der Waals surface area (Å²) in [5, 5.41) is 3.89. The summed E-state index contributed by atoms with van der Waals surface area (Å²) in [6, 6.07) is -0.104. The highest BCUT2D eigenvalue weighted by Gasteiger charge is 2.23. The molecule has 0 bridgehead atoms. The van der Waals surface area contributed by atoms with E-state index in [2.05, 4.69) is 5.10 Å². The predicted octanol–water partition coefficient (Wildman–Crippen LogP) is -0.817. The molecule has 13 heavy (non-hydrogen) atoms. The fraction of sp³-hybridized carbons (Fsp3) is 0.500. The number of nitrogens with zero attached hydrogens (tertiary/aromatic N) is 2. The fourth-order valence-corrected chi connectivity index (χ4v) is 1.66. The van der Waals surface area contributed by atoms with E-state index in [9.17, 15) is 4.21 Å². The smallest absolute Gasteiger partial charge is 0.231 e. The van der Waals surface area contributed by atoms with Crippen LogP contribution in [0.4, 0.5) is 0 Å². The molecule has 1 unspecified atom stereocenters. The fourth-order valence-electron chi connectivity index (χ4n) is 1.21. The van der Waals surface area contributed by atoms with Crippen LogP contribution in [0.15, 0.2) is 11.1 Å². The van der Waals surface area contributed by atoms with Crippen LogP contribution < -0.4 is 10.5 Å². The summed E-state index contributed by atoms with van der Waals surface area (Å²) in [5.41, 5.74) is 5.61. The molecule has 3 N–H and O–H groups in total. The molecular formula is C6H9N3O3S. The second-order valence-electron chi connectivity index (χ2n) is 2.82. The highest BCUT2D eigenvalue weighted by molar-refractivity contribution is 7.79. The van der Waals surface area contributed by atoms with E-state index in [1.54, 1.807) is 0 Å². The minimum absolute atomic E-state index is 0.104. The largest absolute Gasteiger partial charge is 0.475 e. The molecule has 7 heteroatoms. The molecule has 0 radical (unpaired) electrons. The van der Waals surface area contributed by atoms with E-state index in [4.69, 9.17) is 15.0 Å². The molecule has 72 valence electrons. The number of rotatable bonds is 1. The predicted molar refractivity (Wildman–Crippen MR) is 44.7 cm³/mol. The summed E-state index contributed by atoms with van der Waals surface area (Å²) < 4.78 is 26.3. The van der Waals surface area contributed by atoms with Crippen molar-refractivity contribution < 1.29 is 13.5 Å². The lowest BCUT2D eigenvalue weighted by Gasteiger charge is -2.20. The average molecular weight is 203 g/mol. The van der Waals surface area contributed by atoms with E-state index >= 15 is 0 Å². The summed E-state index contributed by atoms with van der Waals surface area (Å²) in [4.78, 5) is 0.201. The van der Waals surface area contributed by atoms with E-state index in [0.717, 1.165) is 0 Å². The van der Waals surface area contributed by atoms with Crippen LogP contribution >= 0.6 is 0 Å². The van der Waals surface area contributed by atoms with Crippen molar-refractivity contribution in [3.63, 3.8) is 0 Å². The highest BCUT2D eigenvalue weighted by Crippen LogP contribution is 2.23. The Labute approximate surface area is 77.0 Å². The first-order valence-electron chi connectivity index (χ1n) is 3.73. The Morgan fingerprint density at radius 3 is 3.31 bits per heavy atom. The van der Waals surface area contributed by atoms with Gasteiger partial charge in [-0.2, -0.15) is 5.10 Å². The molecule has 0 amide bonds. The zero-order valence-electron chi connectivity index (χ0n) is 6.71. The molecule has 0 aliphatic carbocycles. The van der Waals surface area contributed by atoms with Gasteiger partial charge in [-0.05, 0) is 0 Å². The molecule has 2 rings (SSSR count). The third-order valence-corrected chi connectivity index (χ3v) is 2.45. The van der Waals surface area contributed by atoms with Crippen molar-refractivity contribution in [3.05, 3.63) is 6.20 Å². The third kappa shape index (κ3) is 1.45. The molecule has 0 spiro atoms. The van der Waals surface area contributed by atoms with Crippen LogP contribution in [0, 0.1) is 0 Å². The van der Waals surface area contributed by atoms with Crippen LogP contribution in [0.2, 0.25) is 0 Å².